The number of nitrogens with two attached hydrogens (primary N) is 1. The molecule has 0 fully saturated rings. The van der Waals surface area contributed by atoms with Crippen molar-refractivity contribution in [2.75, 3.05) is 12.3 Å². The first-order chi connectivity index (χ1) is 13.7. The fourth-order valence-corrected chi connectivity index (χ4v) is 4.19. The van der Waals surface area contributed by atoms with Crippen molar-refractivity contribution in [2.24, 2.45) is 5.73 Å². The maximum absolute atomic E-state index is 12.9. The normalized spacial score (nSPS) is 12.6. The lowest BCUT2D eigenvalue weighted by molar-refractivity contribution is -0.139. The number of nitrogens with one attached hydrogen (secondary N) is 2. The van der Waals surface area contributed by atoms with Crippen molar-refractivity contribution < 1.29 is 33.8 Å². The molecule has 0 aromatic heterocycles. The van der Waals surface area contributed by atoms with Gasteiger partial charge < -0.3 is 26.6 Å². The van der Waals surface area contributed by atoms with E-state index in [0.29, 0.717) is 5.75 Å². The summed E-state index contributed by atoms with van der Waals surface area (Å²) in [6, 6.07) is 3.74. The van der Waals surface area contributed by atoms with E-state index in [2.05, 4.69) is 10.6 Å². The summed E-state index contributed by atoms with van der Waals surface area (Å²) in [5.74, 6) is -3.36. The Kier molecular flexibility index (Phi) is 11.1. The molecule has 0 bridgehead atoms. The highest BCUT2D eigenvalue weighted by atomic mass is 33.1. The van der Waals surface area contributed by atoms with Gasteiger partial charge in [0.1, 0.15) is 24.4 Å². The molecule has 0 aliphatic heterocycles. The third kappa shape index (κ3) is 10.7. The Morgan fingerprint density at radius 3 is 2.34 bits per heavy atom. The van der Waals surface area contributed by atoms with Crippen LogP contribution in [0.2, 0.25) is 0 Å². The first kappa shape index (κ1) is 24.7. The van der Waals surface area contributed by atoms with Gasteiger partial charge in [0.2, 0.25) is 11.8 Å². The summed E-state index contributed by atoms with van der Waals surface area (Å²) in [7, 11) is 2.66. The van der Waals surface area contributed by atoms with Crippen molar-refractivity contribution in [3.63, 3.8) is 0 Å². The Labute approximate surface area is 174 Å². The van der Waals surface area contributed by atoms with E-state index >= 15 is 0 Å². The van der Waals surface area contributed by atoms with Crippen LogP contribution in [-0.4, -0.2) is 58.3 Å². The van der Waals surface area contributed by atoms with Crippen LogP contribution in [0.15, 0.2) is 24.3 Å². The number of benzene rings is 1. The predicted molar refractivity (Wildman–Crippen MR) is 108 cm³/mol. The Bertz CT molecular complexity index is 720. The quantitative estimate of drug-likeness (QED) is 0.215. The second-order valence-corrected chi connectivity index (χ2v) is 8.40. The topological polar surface area (TPSA) is 159 Å². The zero-order valence-corrected chi connectivity index (χ0v) is 16.9. The van der Waals surface area contributed by atoms with Gasteiger partial charge in [0.05, 0.1) is 0 Å². The predicted octanol–water partition coefficient (Wildman–Crippen LogP) is 0.585. The van der Waals surface area contributed by atoms with Gasteiger partial charge in [-0.05, 0) is 24.1 Å². The second-order valence-electron chi connectivity index (χ2n) is 5.89. The van der Waals surface area contributed by atoms with Crippen LogP contribution in [0, 0.1) is 5.82 Å². The van der Waals surface area contributed by atoms with Crippen LogP contribution < -0.4 is 16.4 Å². The number of rotatable bonds is 13. The van der Waals surface area contributed by atoms with Crippen molar-refractivity contribution in [1.82, 2.24) is 10.6 Å². The van der Waals surface area contributed by atoms with E-state index in [4.69, 9.17) is 15.9 Å². The van der Waals surface area contributed by atoms with Crippen LogP contribution in [0.4, 0.5) is 4.39 Å². The smallest absolute Gasteiger partial charge is 0.322 e. The van der Waals surface area contributed by atoms with E-state index in [9.17, 15) is 23.6 Å². The SMILES string of the molecule is N[C@@H](CCC(=O)N[C@@H](CSSCc1ccc(F)cc1)C(=O)NCC(=O)O)C(=O)O. The molecule has 1 rings (SSSR count). The number of hydrogen-bond donors (Lipinski definition) is 5. The van der Waals surface area contributed by atoms with Crippen LogP contribution in [0.25, 0.3) is 0 Å². The Balaban J connectivity index is 2.54. The molecule has 0 aliphatic rings. The highest BCUT2D eigenvalue weighted by Crippen LogP contribution is 2.26. The molecule has 160 valence electrons. The van der Waals surface area contributed by atoms with Crippen molar-refractivity contribution in [3.8, 4) is 0 Å². The zero-order chi connectivity index (χ0) is 21.8. The van der Waals surface area contributed by atoms with Gasteiger partial charge in [0, 0.05) is 17.9 Å². The van der Waals surface area contributed by atoms with Crippen molar-refractivity contribution in [2.45, 2.75) is 30.7 Å². The number of aliphatic carboxylic acids is 2. The zero-order valence-electron chi connectivity index (χ0n) is 15.3. The molecule has 0 radical (unpaired) electrons. The minimum absolute atomic E-state index is 0.100. The maximum atomic E-state index is 12.9. The van der Waals surface area contributed by atoms with E-state index < -0.39 is 42.4 Å². The number of halogens is 1. The second kappa shape index (κ2) is 13.0. The minimum atomic E-state index is -1.23. The summed E-state index contributed by atoms with van der Waals surface area (Å²) in [6.45, 7) is -0.595. The maximum Gasteiger partial charge on any atom is 0.322 e. The average Bonchev–Trinajstić information content (AvgIpc) is 2.67. The highest BCUT2D eigenvalue weighted by molar-refractivity contribution is 8.76. The lowest BCUT2D eigenvalue weighted by Gasteiger charge is -2.18. The van der Waals surface area contributed by atoms with Crippen molar-refractivity contribution in [1.29, 1.82) is 0 Å². The molecule has 0 unspecified atom stereocenters. The lowest BCUT2D eigenvalue weighted by Crippen LogP contribution is -2.49. The third-order valence-electron chi connectivity index (χ3n) is 3.52. The Hall–Kier alpha value is -2.31. The van der Waals surface area contributed by atoms with Gasteiger partial charge in [-0.2, -0.15) is 0 Å². The summed E-state index contributed by atoms with van der Waals surface area (Å²) in [4.78, 5) is 45.5. The van der Waals surface area contributed by atoms with Crippen molar-refractivity contribution >= 4 is 45.3 Å². The number of carboxylic acid groups (broad SMARTS) is 2. The van der Waals surface area contributed by atoms with Gasteiger partial charge in [-0.1, -0.05) is 33.7 Å². The van der Waals surface area contributed by atoms with Gasteiger partial charge in [-0.3, -0.25) is 19.2 Å². The van der Waals surface area contributed by atoms with Gasteiger partial charge >= 0.3 is 11.9 Å². The summed E-state index contributed by atoms with van der Waals surface area (Å²) in [5.41, 5.74) is 6.22. The number of carboxylic acids is 2. The number of hydrogen-bond acceptors (Lipinski definition) is 7. The Morgan fingerprint density at radius 1 is 1.10 bits per heavy atom. The molecule has 1 aromatic rings. The number of carbonyl (C=O) groups is 4. The summed E-state index contributed by atoms with van der Waals surface area (Å²) < 4.78 is 12.9. The van der Waals surface area contributed by atoms with Crippen LogP contribution in [0.3, 0.4) is 0 Å². The monoisotopic (exact) mass is 447 g/mol. The molecule has 1 aromatic carbocycles. The average molecular weight is 448 g/mol. The van der Waals surface area contributed by atoms with Gasteiger partial charge in [-0.25, -0.2) is 4.39 Å². The molecular formula is C17H22FN3O6S2. The van der Waals surface area contributed by atoms with Crippen LogP contribution >= 0.6 is 21.6 Å². The number of carbonyl (C=O) groups excluding carboxylic acids is 2. The van der Waals surface area contributed by atoms with Gasteiger partial charge in [-0.15, -0.1) is 0 Å². The molecule has 12 heteroatoms. The first-order valence-electron chi connectivity index (χ1n) is 8.45. The van der Waals surface area contributed by atoms with Crippen molar-refractivity contribution in [3.05, 3.63) is 35.6 Å². The third-order valence-corrected chi connectivity index (χ3v) is 5.87. The molecule has 0 saturated heterocycles. The Morgan fingerprint density at radius 2 is 1.76 bits per heavy atom. The van der Waals surface area contributed by atoms with E-state index in [1.165, 1.54) is 33.7 Å². The first-order valence-corrected chi connectivity index (χ1v) is 10.9. The van der Waals surface area contributed by atoms with E-state index in [1.54, 1.807) is 12.1 Å². The van der Waals surface area contributed by atoms with Gasteiger partial charge in [0.15, 0.2) is 0 Å². The lowest BCUT2D eigenvalue weighted by atomic mass is 10.1. The molecule has 0 heterocycles. The van der Waals surface area contributed by atoms with Crippen LogP contribution in [0.5, 0.6) is 0 Å². The molecule has 2 atom stereocenters. The van der Waals surface area contributed by atoms with E-state index in [0.717, 1.165) is 5.56 Å². The van der Waals surface area contributed by atoms with Gasteiger partial charge in [0.25, 0.3) is 0 Å². The molecular weight excluding hydrogens is 425 g/mol. The standard InChI is InChI=1S/C17H22FN3O6S2/c18-11-3-1-10(2-4-11)8-28-29-9-13(16(25)20-7-15(23)24)21-14(22)6-5-12(19)17(26)27/h1-4,12-13H,5-9,19H2,(H,20,25)(H,21,22)(H,23,24)(H,26,27)/t12-,13-/m0/s1. The molecule has 29 heavy (non-hydrogen) atoms. The fourth-order valence-electron chi connectivity index (χ4n) is 1.95. The van der Waals surface area contributed by atoms with E-state index in [-0.39, 0.29) is 24.4 Å². The summed E-state index contributed by atoms with van der Waals surface area (Å²) in [6.07, 6.45) is -0.291. The molecule has 0 aliphatic carbocycles. The minimum Gasteiger partial charge on any atom is -0.480 e. The summed E-state index contributed by atoms with van der Waals surface area (Å²) in [5, 5.41) is 22.1. The molecule has 2 amide bonds. The van der Waals surface area contributed by atoms with Crippen LogP contribution in [-0.2, 0) is 24.9 Å². The van der Waals surface area contributed by atoms with E-state index in [1.807, 2.05) is 0 Å². The van der Waals surface area contributed by atoms with Crippen LogP contribution in [0.1, 0.15) is 18.4 Å². The molecule has 0 spiro atoms. The molecule has 0 saturated carbocycles. The fraction of sp³-hybridized carbons (Fsp3) is 0.412. The largest absolute Gasteiger partial charge is 0.480 e. The number of amides is 2. The molecule has 6 N–H and O–H groups in total. The highest BCUT2D eigenvalue weighted by Gasteiger charge is 2.22. The molecule has 9 nitrogen and oxygen atoms in total. The summed E-state index contributed by atoms with van der Waals surface area (Å²) >= 11 is 0.